The number of nitrogen functional groups attached to an aromatic ring is 1. The van der Waals surface area contributed by atoms with Crippen molar-refractivity contribution in [3.8, 4) is 0 Å². The molecule has 0 radical (unpaired) electrons. The smallest absolute Gasteiger partial charge is 0.253 e. The predicted molar refractivity (Wildman–Crippen MR) is 59.5 cm³/mol. The van der Waals surface area contributed by atoms with Gasteiger partial charge in [-0.15, -0.1) is 0 Å². The van der Waals surface area contributed by atoms with E-state index in [1.807, 2.05) is 6.92 Å². The molecule has 0 bridgehead atoms. The summed E-state index contributed by atoms with van der Waals surface area (Å²) < 4.78 is 0. The number of carbonyl (C=O) groups is 1. The summed E-state index contributed by atoms with van der Waals surface area (Å²) in [4.78, 5) is 11.7. The predicted octanol–water partition coefficient (Wildman–Crippen LogP) is 0.770. The molecule has 0 aromatic heterocycles. The second-order valence-electron chi connectivity index (χ2n) is 3.47. The molecule has 0 saturated carbocycles. The Kier molecular flexibility index (Phi) is 4.12. The third-order valence-electron chi connectivity index (χ3n) is 2.15. The molecular weight excluding hydrogens is 192 g/mol. The number of para-hydroxylation sites is 1. The molecule has 0 fully saturated rings. The molecule has 1 aromatic carbocycles. The van der Waals surface area contributed by atoms with Crippen molar-refractivity contribution in [1.82, 2.24) is 5.32 Å². The second-order valence-corrected chi connectivity index (χ2v) is 3.47. The molecule has 4 N–H and O–H groups in total. The van der Waals surface area contributed by atoms with Gasteiger partial charge in [0.05, 0.1) is 5.56 Å². The lowest BCUT2D eigenvalue weighted by molar-refractivity contribution is 0.0935. The summed E-state index contributed by atoms with van der Waals surface area (Å²) in [6.07, 6.45) is 0.540. The van der Waals surface area contributed by atoms with E-state index in [4.69, 9.17) is 10.8 Å². The molecule has 0 aliphatic heterocycles. The molecule has 1 aromatic rings. The molecule has 4 heteroatoms. The fourth-order valence-electron chi connectivity index (χ4n) is 1.27. The molecule has 0 aliphatic rings. The standard InChI is InChI=1S/C11H16N2O2/c1-8(6-7-14)13-11(15)9-4-2-3-5-10(9)12/h2-5,8,14H,6-7,12H2,1H3,(H,13,15). The number of nitrogens with one attached hydrogen (secondary N) is 1. The van der Waals surface area contributed by atoms with E-state index >= 15 is 0 Å². The summed E-state index contributed by atoms with van der Waals surface area (Å²) in [6, 6.07) is 6.86. The molecule has 82 valence electrons. The van der Waals surface area contributed by atoms with Gasteiger partial charge >= 0.3 is 0 Å². The lowest BCUT2D eigenvalue weighted by atomic mass is 10.1. The highest BCUT2D eigenvalue weighted by Gasteiger charge is 2.11. The molecule has 0 heterocycles. The maximum Gasteiger partial charge on any atom is 0.253 e. The van der Waals surface area contributed by atoms with Gasteiger partial charge in [0.25, 0.3) is 5.91 Å². The molecule has 1 atom stereocenters. The number of anilines is 1. The van der Waals surface area contributed by atoms with Crippen molar-refractivity contribution in [2.45, 2.75) is 19.4 Å². The summed E-state index contributed by atoms with van der Waals surface area (Å²) >= 11 is 0. The summed E-state index contributed by atoms with van der Waals surface area (Å²) in [5.41, 5.74) is 6.60. The van der Waals surface area contributed by atoms with Gasteiger partial charge in [-0.25, -0.2) is 0 Å². The monoisotopic (exact) mass is 208 g/mol. The number of carbonyl (C=O) groups excluding carboxylic acids is 1. The van der Waals surface area contributed by atoms with Gasteiger partial charge in [0.15, 0.2) is 0 Å². The van der Waals surface area contributed by atoms with Crippen molar-refractivity contribution in [3.63, 3.8) is 0 Å². The van der Waals surface area contributed by atoms with E-state index in [1.54, 1.807) is 24.3 Å². The number of nitrogens with two attached hydrogens (primary N) is 1. The fourth-order valence-corrected chi connectivity index (χ4v) is 1.27. The van der Waals surface area contributed by atoms with Gasteiger partial charge in [-0.05, 0) is 25.5 Å². The first-order valence-corrected chi connectivity index (χ1v) is 4.91. The molecule has 0 spiro atoms. The van der Waals surface area contributed by atoms with Gasteiger partial charge in [0.1, 0.15) is 0 Å². The topological polar surface area (TPSA) is 75.3 Å². The fraction of sp³-hybridized carbons (Fsp3) is 0.364. The van der Waals surface area contributed by atoms with E-state index in [0.717, 1.165) is 0 Å². The Hall–Kier alpha value is -1.55. The van der Waals surface area contributed by atoms with Crippen molar-refractivity contribution in [3.05, 3.63) is 29.8 Å². The first-order chi connectivity index (χ1) is 7.15. The lowest BCUT2D eigenvalue weighted by Gasteiger charge is -2.13. The Bertz CT molecular complexity index is 339. The van der Waals surface area contributed by atoms with Gasteiger partial charge < -0.3 is 16.2 Å². The van der Waals surface area contributed by atoms with E-state index in [0.29, 0.717) is 17.7 Å². The first-order valence-electron chi connectivity index (χ1n) is 4.91. The normalized spacial score (nSPS) is 12.1. The van der Waals surface area contributed by atoms with Gasteiger partial charge in [-0.1, -0.05) is 12.1 Å². The molecule has 0 aliphatic carbocycles. The molecule has 15 heavy (non-hydrogen) atoms. The van der Waals surface area contributed by atoms with Crippen LogP contribution in [0.15, 0.2) is 24.3 Å². The Morgan fingerprint density at radius 2 is 2.20 bits per heavy atom. The minimum atomic E-state index is -0.200. The van der Waals surface area contributed by atoms with Crippen molar-refractivity contribution >= 4 is 11.6 Å². The van der Waals surface area contributed by atoms with Crippen molar-refractivity contribution in [2.24, 2.45) is 0 Å². The number of amides is 1. The van der Waals surface area contributed by atoms with Crippen LogP contribution in [0.4, 0.5) is 5.69 Å². The number of rotatable bonds is 4. The minimum Gasteiger partial charge on any atom is -0.398 e. The number of benzene rings is 1. The molecule has 0 saturated heterocycles. The van der Waals surface area contributed by atoms with Crippen LogP contribution in [0.2, 0.25) is 0 Å². The van der Waals surface area contributed by atoms with Crippen molar-refractivity contribution in [2.75, 3.05) is 12.3 Å². The third kappa shape index (κ3) is 3.25. The van der Waals surface area contributed by atoms with Gasteiger partial charge in [0, 0.05) is 18.3 Å². The second kappa shape index (κ2) is 5.36. The zero-order chi connectivity index (χ0) is 11.3. The van der Waals surface area contributed by atoms with Crippen LogP contribution < -0.4 is 11.1 Å². The van der Waals surface area contributed by atoms with Crippen LogP contribution in [0.1, 0.15) is 23.7 Å². The Morgan fingerprint density at radius 1 is 1.53 bits per heavy atom. The van der Waals surface area contributed by atoms with Crippen LogP contribution in [-0.2, 0) is 0 Å². The van der Waals surface area contributed by atoms with Crippen molar-refractivity contribution in [1.29, 1.82) is 0 Å². The van der Waals surface area contributed by atoms with Crippen LogP contribution in [0.25, 0.3) is 0 Å². The van der Waals surface area contributed by atoms with Crippen LogP contribution in [-0.4, -0.2) is 23.7 Å². The van der Waals surface area contributed by atoms with Crippen LogP contribution >= 0.6 is 0 Å². The van der Waals surface area contributed by atoms with Crippen LogP contribution in [0.3, 0.4) is 0 Å². The first kappa shape index (κ1) is 11.5. The lowest BCUT2D eigenvalue weighted by Crippen LogP contribution is -2.33. The van der Waals surface area contributed by atoms with Gasteiger partial charge in [-0.3, -0.25) is 4.79 Å². The highest BCUT2D eigenvalue weighted by atomic mass is 16.3. The maximum atomic E-state index is 11.7. The average Bonchev–Trinajstić information content (AvgIpc) is 2.18. The maximum absolute atomic E-state index is 11.7. The van der Waals surface area contributed by atoms with Crippen molar-refractivity contribution < 1.29 is 9.90 Å². The van der Waals surface area contributed by atoms with E-state index in [-0.39, 0.29) is 18.6 Å². The summed E-state index contributed by atoms with van der Waals surface area (Å²) in [6.45, 7) is 1.90. The summed E-state index contributed by atoms with van der Waals surface area (Å²) in [5, 5.41) is 11.5. The van der Waals surface area contributed by atoms with E-state index in [9.17, 15) is 4.79 Å². The Balaban J connectivity index is 2.65. The molecule has 1 unspecified atom stereocenters. The number of hydrogen-bond acceptors (Lipinski definition) is 3. The van der Waals surface area contributed by atoms with Crippen LogP contribution in [0, 0.1) is 0 Å². The van der Waals surface area contributed by atoms with Gasteiger partial charge in [-0.2, -0.15) is 0 Å². The molecular formula is C11H16N2O2. The number of aliphatic hydroxyl groups is 1. The minimum absolute atomic E-state index is 0.0536. The highest BCUT2D eigenvalue weighted by Crippen LogP contribution is 2.10. The van der Waals surface area contributed by atoms with Gasteiger partial charge in [0.2, 0.25) is 0 Å². The SMILES string of the molecule is CC(CCO)NC(=O)c1ccccc1N. The van der Waals surface area contributed by atoms with E-state index in [2.05, 4.69) is 5.32 Å². The molecule has 1 amide bonds. The zero-order valence-electron chi connectivity index (χ0n) is 8.73. The Labute approximate surface area is 89.1 Å². The average molecular weight is 208 g/mol. The largest absolute Gasteiger partial charge is 0.398 e. The summed E-state index contributed by atoms with van der Waals surface area (Å²) in [7, 11) is 0. The van der Waals surface area contributed by atoms with E-state index in [1.165, 1.54) is 0 Å². The third-order valence-corrected chi connectivity index (χ3v) is 2.15. The molecule has 4 nitrogen and oxygen atoms in total. The number of hydrogen-bond donors (Lipinski definition) is 3. The van der Waals surface area contributed by atoms with Crippen LogP contribution in [0.5, 0.6) is 0 Å². The highest BCUT2D eigenvalue weighted by molar-refractivity contribution is 5.99. The summed E-state index contributed by atoms with van der Waals surface area (Å²) in [5.74, 6) is -0.200. The number of aliphatic hydroxyl groups excluding tert-OH is 1. The zero-order valence-corrected chi connectivity index (χ0v) is 8.73. The Morgan fingerprint density at radius 3 is 2.80 bits per heavy atom. The quantitative estimate of drug-likeness (QED) is 0.640. The van der Waals surface area contributed by atoms with E-state index < -0.39 is 0 Å². The molecule has 1 rings (SSSR count).